The van der Waals surface area contributed by atoms with Crippen LogP contribution in [0.5, 0.6) is 0 Å². The predicted octanol–water partition coefficient (Wildman–Crippen LogP) is 5.67. The Morgan fingerprint density at radius 3 is 2.02 bits per heavy atom. The number of aryl methyl sites for hydroxylation is 2. The highest BCUT2D eigenvalue weighted by atomic mass is 32.2. The molecule has 224 valence electrons. The van der Waals surface area contributed by atoms with Crippen LogP contribution in [-0.4, -0.2) is 44.3 Å². The number of carbonyl (C=O) groups excluding carboxylic acids is 2. The van der Waals surface area contributed by atoms with E-state index in [4.69, 9.17) is 0 Å². The summed E-state index contributed by atoms with van der Waals surface area (Å²) in [5.74, 6) is -0.756. The third-order valence-electron chi connectivity index (χ3n) is 7.19. The van der Waals surface area contributed by atoms with Crippen molar-refractivity contribution in [2.24, 2.45) is 0 Å². The van der Waals surface area contributed by atoms with E-state index in [1.54, 1.807) is 54.6 Å². The molecular formula is C35H39N3O4S. The Balaban J connectivity index is 1.78. The van der Waals surface area contributed by atoms with Crippen LogP contribution in [0.3, 0.4) is 0 Å². The summed E-state index contributed by atoms with van der Waals surface area (Å²) in [5.41, 5.74) is 4.05. The molecule has 0 radical (unpaired) electrons. The third kappa shape index (κ3) is 8.32. The second-order valence-electron chi connectivity index (χ2n) is 10.7. The molecule has 0 aliphatic carbocycles. The maximum Gasteiger partial charge on any atom is 0.264 e. The number of rotatable bonds is 13. The zero-order valence-electron chi connectivity index (χ0n) is 24.9. The SMILES string of the molecule is CCCNC(=O)[C@H](Cc1ccccc1)N(Cc1cccc(C)c1)C(=O)CN(c1ccccc1)S(=O)(=O)c1ccc(C)cc1. The van der Waals surface area contributed by atoms with Crippen LogP contribution in [0, 0.1) is 13.8 Å². The van der Waals surface area contributed by atoms with Crippen LogP contribution in [0.1, 0.15) is 35.6 Å². The molecule has 4 aromatic rings. The number of amides is 2. The fraction of sp³-hybridized carbons (Fsp3) is 0.257. The van der Waals surface area contributed by atoms with Gasteiger partial charge in [-0.05, 0) is 55.7 Å². The monoisotopic (exact) mass is 597 g/mol. The van der Waals surface area contributed by atoms with Gasteiger partial charge in [0.2, 0.25) is 11.8 Å². The van der Waals surface area contributed by atoms with Crippen molar-refractivity contribution in [2.75, 3.05) is 17.4 Å². The van der Waals surface area contributed by atoms with Crippen molar-refractivity contribution < 1.29 is 18.0 Å². The van der Waals surface area contributed by atoms with Crippen LogP contribution in [0.4, 0.5) is 5.69 Å². The molecule has 1 atom stereocenters. The van der Waals surface area contributed by atoms with E-state index in [-0.39, 0.29) is 23.8 Å². The summed E-state index contributed by atoms with van der Waals surface area (Å²) >= 11 is 0. The van der Waals surface area contributed by atoms with Gasteiger partial charge >= 0.3 is 0 Å². The zero-order chi connectivity index (χ0) is 30.8. The summed E-state index contributed by atoms with van der Waals surface area (Å²) in [6, 6.07) is 31.6. The van der Waals surface area contributed by atoms with Crippen molar-refractivity contribution in [3.05, 3.63) is 131 Å². The Kier molecular flexibility index (Phi) is 10.7. The second-order valence-corrected chi connectivity index (χ2v) is 12.5. The minimum Gasteiger partial charge on any atom is -0.354 e. The number of anilines is 1. The van der Waals surface area contributed by atoms with Crippen molar-refractivity contribution >= 4 is 27.5 Å². The molecule has 0 heterocycles. The lowest BCUT2D eigenvalue weighted by Gasteiger charge is -2.34. The molecule has 4 rings (SSSR count). The van der Waals surface area contributed by atoms with Gasteiger partial charge in [0.15, 0.2) is 0 Å². The summed E-state index contributed by atoms with van der Waals surface area (Å²) in [6.45, 7) is 5.96. The Labute approximate surface area is 255 Å². The van der Waals surface area contributed by atoms with E-state index in [1.807, 2.05) is 75.4 Å². The number of para-hydroxylation sites is 1. The molecule has 0 saturated carbocycles. The summed E-state index contributed by atoms with van der Waals surface area (Å²) < 4.78 is 29.2. The summed E-state index contributed by atoms with van der Waals surface area (Å²) in [4.78, 5) is 29.7. The van der Waals surface area contributed by atoms with Crippen LogP contribution in [0.15, 0.2) is 114 Å². The Morgan fingerprint density at radius 1 is 0.767 bits per heavy atom. The van der Waals surface area contributed by atoms with Gasteiger partial charge < -0.3 is 10.2 Å². The fourth-order valence-corrected chi connectivity index (χ4v) is 6.30. The largest absolute Gasteiger partial charge is 0.354 e. The molecule has 4 aromatic carbocycles. The van der Waals surface area contributed by atoms with Gasteiger partial charge in [-0.3, -0.25) is 13.9 Å². The highest BCUT2D eigenvalue weighted by Gasteiger charge is 2.34. The number of sulfonamides is 1. The van der Waals surface area contributed by atoms with Crippen LogP contribution in [0.25, 0.3) is 0 Å². The molecule has 0 aliphatic heterocycles. The van der Waals surface area contributed by atoms with Crippen molar-refractivity contribution in [1.29, 1.82) is 0 Å². The first-order chi connectivity index (χ1) is 20.7. The molecule has 0 fully saturated rings. The van der Waals surface area contributed by atoms with Crippen molar-refractivity contribution in [3.63, 3.8) is 0 Å². The Hall–Kier alpha value is -4.43. The predicted molar refractivity (Wildman–Crippen MR) is 171 cm³/mol. The molecular weight excluding hydrogens is 558 g/mol. The quantitative estimate of drug-likeness (QED) is 0.215. The number of hydrogen-bond donors (Lipinski definition) is 1. The summed E-state index contributed by atoms with van der Waals surface area (Å²) in [6.07, 6.45) is 1.02. The molecule has 0 spiro atoms. The molecule has 0 bridgehead atoms. The average molecular weight is 598 g/mol. The molecule has 7 nitrogen and oxygen atoms in total. The van der Waals surface area contributed by atoms with Crippen molar-refractivity contribution in [1.82, 2.24) is 10.2 Å². The molecule has 1 N–H and O–H groups in total. The van der Waals surface area contributed by atoms with Gasteiger partial charge in [-0.25, -0.2) is 8.42 Å². The Bertz CT molecular complexity index is 1610. The lowest BCUT2D eigenvalue weighted by atomic mass is 10.0. The third-order valence-corrected chi connectivity index (χ3v) is 8.98. The summed E-state index contributed by atoms with van der Waals surface area (Å²) in [7, 11) is -4.11. The molecule has 43 heavy (non-hydrogen) atoms. The van der Waals surface area contributed by atoms with E-state index in [2.05, 4.69) is 5.32 Å². The van der Waals surface area contributed by atoms with Gasteiger partial charge in [-0.15, -0.1) is 0 Å². The van der Waals surface area contributed by atoms with Gasteiger partial charge in [0.1, 0.15) is 12.6 Å². The highest BCUT2D eigenvalue weighted by Crippen LogP contribution is 2.25. The van der Waals surface area contributed by atoms with Gasteiger partial charge in [-0.1, -0.05) is 103 Å². The molecule has 0 aliphatic rings. The van der Waals surface area contributed by atoms with E-state index in [0.29, 0.717) is 12.2 Å². The van der Waals surface area contributed by atoms with E-state index in [1.165, 1.54) is 4.90 Å². The van der Waals surface area contributed by atoms with E-state index in [0.717, 1.165) is 33.0 Å². The normalized spacial score (nSPS) is 11.9. The van der Waals surface area contributed by atoms with Gasteiger partial charge in [0, 0.05) is 19.5 Å². The van der Waals surface area contributed by atoms with Crippen LogP contribution < -0.4 is 9.62 Å². The minimum atomic E-state index is -4.11. The number of carbonyl (C=O) groups is 2. The van der Waals surface area contributed by atoms with Gasteiger partial charge in [-0.2, -0.15) is 0 Å². The Morgan fingerprint density at radius 2 is 1.40 bits per heavy atom. The first kappa shape index (κ1) is 31.5. The van der Waals surface area contributed by atoms with E-state index < -0.39 is 28.5 Å². The lowest BCUT2D eigenvalue weighted by molar-refractivity contribution is -0.140. The zero-order valence-corrected chi connectivity index (χ0v) is 25.8. The maximum atomic E-state index is 14.4. The highest BCUT2D eigenvalue weighted by molar-refractivity contribution is 7.92. The average Bonchev–Trinajstić information content (AvgIpc) is 3.01. The molecule has 0 unspecified atom stereocenters. The molecule has 0 saturated heterocycles. The van der Waals surface area contributed by atoms with E-state index in [9.17, 15) is 18.0 Å². The van der Waals surface area contributed by atoms with Gasteiger partial charge in [0.25, 0.3) is 10.0 Å². The molecule has 8 heteroatoms. The first-order valence-corrected chi connectivity index (χ1v) is 15.9. The standard InChI is InChI=1S/C35H39N3O4S/c1-4-22-36-35(40)33(24-29-13-7-5-8-14-29)37(25-30-15-11-12-28(3)23-30)34(39)26-38(31-16-9-6-10-17-31)43(41,42)32-20-18-27(2)19-21-32/h5-21,23,33H,4,22,24-26H2,1-3H3,(H,36,40)/t33-/m0/s1. The smallest absolute Gasteiger partial charge is 0.264 e. The van der Waals surface area contributed by atoms with Crippen molar-refractivity contribution in [3.8, 4) is 0 Å². The summed E-state index contributed by atoms with van der Waals surface area (Å²) in [5, 5.41) is 2.97. The van der Waals surface area contributed by atoms with Crippen LogP contribution in [-0.2, 0) is 32.6 Å². The number of benzene rings is 4. The maximum absolute atomic E-state index is 14.4. The number of nitrogens with zero attached hydrogens (tertiary/aromatic N) is 2. The van der Waals surface area contributed by atoms with Gasteiger partial charge in [0.05, 0.1) is 10.6 Å². The first-order valence-electron chi connectivity index (χ1n) is 14.5. The number of nitrogens with one attached hydrogen (secondary N) is 1. The minimum absolute atomic E-state index is 0.0847. The fourth-order valence-electron chi connectivity index (χ4n) is 4.89. The topological polar surface area (TPSA) is 86.8 Å². The van der Waals surface area contributed by atoms with Crippen molar-refractivity contribution in [2.45, 2.75) is 51.1 Å². The van der Waals surface area contributed by atoms with Crippen LogP contribution >= 0.6 is 0 Å². The molecule has 2 amide bonds. The number of hydrogen-bond acceptors (Lipinski definition) is 4. The lowest BCUT2D eigenvalue weighted by Crippen LogP contribution is -2.53. The second kappa shape index (κ2) is 14.6. The van der Waals surface area contributed by atoms with Crippen LogP contribution in [0.2, 0.25) is 0 Å². The molecule has 0 aromatic heterocycles. The van der Waals surface area contributed by atoms with E-state index >= 15 is 0 Å².